The van der Waals surface area contributed by atoms with Crippen LogP contribution in [0.15, 0.2) is 23.4 Å². The highest BCUT2D eigenvalue weighted by Gasteiger charge is 2.30. The second kappa shape index (κ2) is 3.93. The lowest BCUT2D eigenvalue weighted by atomic mass is 10.1. The Balaban J connectivity index is 1.83. The van der Waals surface area contributed by atoms with Gasteiger partial charge in [0.15, 0.2) is 0 Å². The summed E-state index contributed by atoms with van der Waals surface area (Å²) in [7, 11) is 0. The first kappa shape index (κ1) is 11.2. The molecule has 4 rings (SSSR count). The van der Waals surface area contributed by atoms with Gasteiger partial charge in [-0.3, -0.25) is 9.59 Å². The van der Waals surface area contributed by atoms with E-state index in [1.54, 1.807) is 18.5 Å². The van der Waals surface area contributed by atoms with Gasteiger partial charge in [0.25, 0.3) is 5.91 Å². The molecule has 1 aromatic heterocycles. The van der Waals surface area contributed by atoms with Crippen molar-refractivity contribution in [2.24, 2.45) is 11.0 Å². The molecule has 1 aliphatic carbocycles. The van der Waals surface area contributed by atoms with Crippen LogP contribution in [0, 0.1) is 5.92 Å². The van der Waals surface area contributed by atoms with Crippen LogP contribution in [-0.2, 0) is 4.79 Å². The number of nitrogens with zero attached hydrogens (tertiary/aromatic N) is 1. The molecule has 0 atom stereocenters. The molecule has 1 saturated carbocycles. The summed E-state index contributed by atoms with van der Waals surface area (Å²) < 4.78 is 0. The second-order valence-corrected chi connectivity index (χ2v) is 5.15. The predicted molar refractivity (Wildman–Crippen MR) is 74.7 cm³/mol. The highest BCUT2D eigenvalue weighted by Crippen LogP contribution is 2.32. The summed E-state index contributed by atoms with van der Waals surface area (Å²) in [5.74, 6) is -0.123. The van der Waals surface area contributed by atoms with Crippen LogP contribution in [0.5, 0.6) is 0 Å². The molecule has 0 saturated heterocycles. The van der Waals surface area contributed by atoms with E-state index in [1.165, 1.54) is 0 Å². The van der Waals surface area contributed by atoms with Gasteiger partial charge in [-0.15, -0.1) is 0 Å². The van der Waals surface area contributed by atoms with E-state index < -0.39 is 0 Å². The number of aromatic amines is 1. The van der Waals surface area contributed by atoms with Crippen molar-refractivity contribution in [2.75, 3.05) is 5.32 Å². The molecule has 6 nitrogen and oxygen atoms in total. The summed E-state index contributed by atoms with van der Waals surface area (Å²) in [6.45, 7) is 0. The molecule has 1 fully saturated rings. The molecule has 0 spiro atoms. The molecule has 0 unspecified atom stereocenters. The van der Waals surface area contributed by atoms with Crippen molar-refractivity contribution in [2.45, 2.75) is 12.8 Å². The van der Waals surface area contributed by atoms with Gasteiger partial charge in [-0.1, -0.05) is 0 Å². The van der Waals surface area contributed by atoms with E-state index in [4.69, 9.17) is 0 Å². The lowest BCUT2D eigenvalue weighted by Gasteiger charge is -2.07. The number of nitrogens with one attached hydrogen (secondary N) is 3. The van der Waals surface area contributed by atoms with Gasteiger partial charge in [-0.05, 0) is 25.0 Å². The fourth-order valence-corrected chi connectivity index (χ4v) is 2.46. The molecule has 1 aromatic carbocycles. The zero-order valence-electron chi connectivity index (χ0n) is 10.6. The number of hydrogen-bond acceptors (Lipinski definition) is 3. The lowest BCUT2D eigenvalue weighted by molar-refractivity contribution is -0.117. The number of anilines is 1. The third-order valence-electron chi connectivity index (χ3n) is 3.64. The standard InChI is InChI=1S/C14H12N4O2/c19-13(7-1-2-7)17-9-3-10-12-8(5-15-11(12)4-9)6-16-18-14(10)20/h3-7,15H,1-2H2,(H,17,19)(H,18,20). The number of carbonyl (C=O) groups is 2. The van der Waals surface area contributed by atoms with Crippen molar-refractivity contribution in [3.05, 3.63) is 29.5 Å². The first-order chi connectivity index (χ1) is 9.72. The van der Waals surface area contributed by atoms with Crippen molar-refractivity contribution >= 4 is 34.6 Å². The number of aromatic nitrogens is 1. The lowest BCUT2D eigenvalue weighted by Crippen LogP contribution is -2.18. The number of hydrazone groups is 1. The summed E-state index contributed by atoms with van der Waals surface area (Å²) in [4.78, 5) is 27.0. The van der Waals surface area contributed by atoms with E-state index in [9.17, 15) is 9.59 Å². The summed E-state index contributed by atoms with van der Waals surface area (Å²) in [6.07, 6.45) is 5.30. The van der Waals surface area contributed by atoms with Crippen LogP contribution in [0.4, 0.5) is 5.69 Å². The Labute approximate surface area is 114 Å². The van der Waals surface area contributed by atoms with Crippen molar-refractivity contribution in [3.63, 3.8) is 0 Å². The molecule has 2 aromatic rings. The summed E-state index contributed by atoms with van der Waals surface area (Å²) in [6, 6.07) is 3.54. The normalized spacial score (nSPS) is 16.9. The van der Waals surface area contributed by atoms with Crippen molar-refractivity contribution in [1.29, 1.82) is 0 Å². The van der Waals surface area contributed by atoms with Gasteiger partial charge in [-0.25, -0.2) is 5.43 Å². The van der Waals surface area contributed by atoms with Crippen LogP contribution in [0.2, 0.25) is 0 Å². The number of amides is 2. The van der Waals surface area contributed by atoms with E-state index in [0.29, 0.717) is 11.3 Å². The number of hydrogen-bond donors (Lipinski definition) is 3. The Morgan fingerprint density at radius 3 is 3.00 bits per heavy atom. The maximum absolute atomic E-state index is 12.0. The number of H-pyrrole nitrogens is 1. The smallest absolute Gasteiger partial charge is 0.272 e. The maximum atomic E-state index is 12.0. The quantitative estimate of drug-likeness (QED) is 0.772. The Morgan fingerprint density at radius 2 is 2.20 bits per heavy atom. The predicted octanol–water partition coefficient (Wildman–Crippen LogP) is 1.59. The summed E-state index contributed by atoms with van der Waals surface area (Å²) in [5.41, 5.74) is 5.27. The van der Waals surface area contributed by atoms with E-state index >= 15 is 0 Å². The van der Waals surface area contributed by atoms with Crippen LogP contribution in [0.25, 0.3) is 10.9 Å². The molecule has 2 heterocycles. The van der Waals surface area contributed by atoms with Gasteiger partial charge in [0.05, 0.1) is 11.8 Å². The molecular formula is C14H12N4O2. The Morgan fingerprint density at radius 1 is 1.35 bits per heavy atom. The van der Waals surface area contributed by atoms with Crippen LogP contribution in [0.3, 0.4) is 0 Å². The molecular weight excluding hydrogens is 256 g/mol. The molecule has 20 heavy (non-hydrogen) atoms. The molecule has 3 N–H and O–H groups in total. The van der Waals surface area contributed by atoms with Gasteiger partial charge >= 0.3 is 0 Å². The van der Waals surface area contributed by atoms with Gasteiger partial charge in [0, 0.05) is 34.3 Å². The maximum Gasteiger partial charge on any atom is 0.272 e. The van der Waals surface area contributed by atoms with Gasteiger partial charge in [0.1, 0.15) is 0 Å². The van der Waals surface area contributed by atoms with Crippen molar-refractivity contribution < 1.29 is 9.59 Å². The number of rotatable bonds is 2. The van der Waals surface area contributed by atoms with Gasteiger partial charge in [-0.2, -0.15) is 5.10 Å². The molecule has 0 bridgehead atoms. The van der Waals surface area contributed by atoms with Crippen LogP contribution >= 0.6 is 0 Å². The average molecular weight is 268 g/mol. The van der Waals surface area contributed by atoms with E-state index in [1.807, 2.05) is 6.07 Å². The molecule has 6 heteroatoms. The topological polar surface area (TPSA) is 86.3 Å². The Hall–Kier alpha value is -2.63. The highest BCUT2D eigenvalue weighted by atomic mass is 16.2. The van der Waals surface area contributed by atoms with Crippen LogP contribution in [-0.4, -0.2) is 23.0 Å². The third-order valence-corrected chi connectivity index (χ3v) is 3.64. The zero-order chi connectivity index (χ0) is 13.7. The fraction of sp³-hybridized carbons (Fsp3) is 0.214. The van der Waals surface area contributed by atoms with Crippen LogP contribution in [0.1, 0.15) is 28.8 Å². The zero-order valence-corrected chi connectivity index (χ0v) is 10.6. The summed E-state index contributed by atoms with van der Waals surface area (Å²) in [5, 5.41) is 7.55. The highest BCUT2D eigenvalue weighted by molar-refractivity contribution is 6.15. The molecule has 2 aliphatic rings. The Kier molecular flexibility index (Phi) is 2.20. The number of carbonyl (C=O) groups excluding carboxylic acids is 2. The van der Waals surface area contributed by atoms with E-state index in [-0.39, 0.29) is 17.7 Å². The largest absolute Gasteiger partial charge is 0.360 e. The van der Waals surface area contributed by atoms with E-state index in [0.717, 1.165) is 29.3 Å². The monoisotopic (exact) mass is 268 g/mol. The second-order valence-electron chi connectivity index (χ2n) is 5.15. The van der Waals surface area contributed by atoms with Crippen molar-refractivity contribution in [3.8, 4) is 0 Å². The average Bonchev–Trinajstić information content (AvgIpc) is 3.21. The minimum atomic E-state index is -0.271. The first-order valence-electron chi connectivity index (χ1n) is 6.52. The number of benzene rings is 1. The minimum Gasteiger partial charge on any atom is -0.360 e. The SMILES string of the molecule is O=C1NN=Cc2c[nH]c3cc(NC(=O)C4CC4)cc1c23. The van der Waals surface area contributed by atoms with E-state index in [2.05, 4.69) is 20.8 Å². The minimum absolute atomic E-state index is 0.0219. The molecule has 0 radical (unpaired) electrons. The molecule has 1 aliphatic heterocycles. The van der Waals surface area contributed by atoms with Gasteiger partial charge in [0.2, 0.25) is 5.91 Å². The third kappa shape index (κ3) is 1.69. The van der Waals surface area contributed by atoms with Crippen molar-refractivity contribution in [1.82, 2.24) is 10.4 Å². The summed E-state index contributed by atoms with van der Waals surface area (Å²) >= 11 is 0. The van der Waals surface area contributed by atoms with Crippen LogP contribution < -0.4 is 10.7 Å². The molecule has 100 valence electrons. The Bertz CT molecular complexity index is 771. The fourth-order valence-electron chi connectivity index (χ4n) is 2.46. The molecule has 2 amide bonds. The van der Waals surface area contributed by atoms with Gasteiger partial charge < -0.3 is 10.3 Å². The first-order valence-corrected chi connectivity index (χ1v) is 6.52.